The molecule has 1 aromatic rings. The lowest BCUT2D eigenvalue weighted by Crippen LogP contribution is -1.96. The summed E-state index contributed by atoms with van der Waals surface area (Å²) in [7, 11) is 0. The Kier molecular flexibility index (Phi) is 2.63. The number of rotatable bonds is 3. The van der Waals surface area contributed by atoms with Gasteiger partial charge in [0.2, 0.25) is 5.95 Å². The Hall–Kier alpha value is -1.58. The van der Waals surface area contributed by atoms with E-state index in [0.29, 0.717) is 12.4 Å². The Balaban J connectivity index is 2.75. The average Bonchev–Trinajstić information content (AvgIpc) is 2.06. The number of anilines is 1. The Bertz CT molecular complexity index is 268. The SMILES string of the molecule is C=C(OCC)c1cnc(N)nc1. The van der Waals surface area contributed by atoms with E-state index in [1.807, 2.05) is 6.92 Å². The van der Waals surface area contributed by atoms with Crippen LogP contribution in [0.2, 0.25) is 0 Å². The molecule has 0 radical (unpaired) electrons. The van der Waals surface area contributed by atoms with E-state index in [0.717, 1.165) is 5.56 Å². The molecule has 1 heterocycles. The lowest BCUT2D eigenvalue weighted by atomic mass is 10.3. The fourth-order valence-electron chi connectivity index (χ4n) is 0.740. The van der Waals surface area contributed by atoms with Gasteiger partial charge in [-0.2, -0.15) is 0 Å². The van der Waals surface area contributed by atoms with E-state index >= 15 is 0 Å². The number of hydrogen-bond acceptors (Lipinski definition) is 4. The first-order valence-electron chi connectivity index (χ1n) is 3.63. The summed E-state index contributed by atoms with van der Waals surface area (Å²) in [5.41, 5.74) is 6.06. The van der Waals surface area contributed by atoms with Crippen LogP contribution in [0.5, 0.6) is 0 Å². The van der Waals surface area contributed by atoms with E-state index in [1.165, 1.54) is 0 Å². The van der Waals surface area contributed by atoms with Crippen molar-refractivity contribution in [1.82, 2.24) is 9.97 Å². The lowest BCUT2D eigenvalue weighted by Gasteiger charge is -2.04. The van der Waals surface area contributed by atoms with Gasteiger partial charge in [-0.15, -0.1) is 0 Å². The maximum atomic E-state index is 5.31. The number of hydrogen-bond donors (Lipinski definition) is 1. The summed E-state index contributed by atoms with van der Waals surface area (Å²) in [6, 6.07) is 0. The van der Waals surface area contributed by atoms with Crippen molar-refractivity contribution in [3.8, 4) is 0 Å². The van der Waals surface area contributed by atoms with Crippen molar-refractivity contribution >= 4 is 11.7 Å². The largest absolute Gasteiger partial charge is 0.494 e. The van der Waals surface area contributed by atoms with Crippen LogP contribution in [-0.4, -0.2) is 16.6 Å². The van der Waals surface area contributed by atoms with E-state index in [4.69, 9.17) is 10.5 Å². The summed E-state index contributed by atoms with van der Waals surface area (Å²) in [5.74, 6) is 0.820. The number of nitrogens with two attached hydrogens (primary N) is 1. The van der Waals surface area contributed by atoms with E-state index in [-0.39, 0.29) is 5.95 Å². The van der Waals surface area contributed by atoms with E-state index in [9.17, 15) is 0 Å². The van der Waals surface area contributed by atoms with E-state index in [1.54, 1.807) is 12.4 Å². The highest BCUT2D eigenvalue weighted by Crippen LogP contribution is 2.10. The number of ether oxygens (including phenoxy) is 1. The Morgan fingerprint density at radius 3 is 2.67 bits per heavy atom. The first-order chi connectivity index (χ1) is 5.74. The first-order valence-corrected chi connectivity index (χ1v) is 3.63. The van der Waals surface area contributed by atoms with Gasteiger partial charge in [0.15, 0.2) is 0 Å². The van der Waals surface area contributed by atoms with Gasteiger partial charge in [0.1, 0.15) is 5.76 Å². The van der Waals surface area contributed by atoms with Crippen molar-refractivity contribution in [2.75, 3.05) is 12.3 Å². The monoisotopic (exact) mass is 165 g/mol. The summed E-state index contributed by atoms with van der Waals surface area (Å²) < 4.78 is 5.15. The molecule has 0 atom stereocenters. The topological polar surface area (TPSA) is 61.0 Å². The van der Waals surface area contributed by atoms with Crippen LogP contribution in [0.3, 0.4) is 0 Å². The van der Waals surface area contributed by atoms with Crippen LogP contribution in [0.25, 0.3) is 5.76 Å². The predicted octanol–water partition coefficient (Wildman–Crippen LogP) is 1.07. The summed E-state index contributed by atoms with van der Waals surface area (Å²) >= 11 is 0. The average molecular weight is 165 g/mol. The molecule has 0 unspecified atom stereocenters. The third-order valence-corrected chi connectivity index (χ3v) is 1.31. The lowest BCUT2D eigenvalue weighted by molar-refractivity contribution is 0.299. The zero-order chi connectivity index (χ0) is 8.97. The van der Waals surface area contributed by atoms with Crippen LogP contribution in [0.15, 0.2) is 19.0 Å². The molecular formula is C8H11N3O. The number of aromatic nitrogens is 2. The summed E-state index contributed by atoms with van der Waals surface area (Å²) in [6.45, 7) is 6.18. The summed E-state index contributed by atoms with van der Waals surface area (Å²) in [5, 5.41) is 0. The van der Waals surface area contributed by atoms with Crippen molar-refractivity contribution < 1.29 is 4.74 Å². The Morgan fingerprint density at radius 1 is 1.58 bits per heavy atom. The fourth-order valence-corrected chi connectivity index (χ4v) is 0.740. The highest BCUT2D eigenvalue weighted by atomic mass is 16.5. The minimum atomic E-state index is 0.253. The van der Waals surface area contributed by atoms with Gasteiger partial charge < -0.3 is 10.5 Å². The van der Waals surface area contributed by atoms with E-state index in [2.05, 4.69) is 16.5 Å². The molecule has 4 heteroatoms. The zero-order valence-electron chi connectivity index (χ0n) is 6.95. The molecule has 2 N–H and O–H groups in total. The zero-order valence-corrected chi connectivity index (χ0v) is 6.95. The minimum Gasteiger partial charge on any atom is -0.494 e. The molecular weight excluding hydrogens is 154 g/mol. The van der Waals surface area contributed by atoms with Crippen LogP contribution in [0, 0.1) is 0 Å². The predicted molar refractivity (Wildman–Crippen MR) is 47.1 cm³/mol. The number of nitrogens with zero attached hydrogens (tertiary/aromatic N) is 2. The normalized spacial score (nSPS) is 9.42. The van der Waals surface area contributed by atoms with Crippen LogP contribution in [0.4, 0.5) is 5.95 Å². The van der Waals surface area contributed by atoms with Gasteiger partial charge in [-0.25, -0.2) is 9.97 Å². The fraction of sp³-hybridized carbons (Fsp3) is 0.250. The molecule has 12 heavy (non-hydrogen) atoms. The standard InChI is InChI=1S/C8H11N3O/c1-3-12-6(2)7-4-10-8(9)11-5-7/h4-5H,2-3H2,1H3,(H2,9,10,11). The van der Waals surface area contributed by atoms with Gasteiger partial charge in [0, 0.05) is 12.4 Å². The van der Waals surface area contributed by atoms with Crippen molar-refractivity contribution in [2.24, 2.45) is 0 Å². The third kappa shape index (κ3) is 1.95. The van der Waals surface area contributed by atoms with Crippen molar-refractivity contribution in [2.45, 2.75) is 6.92 Å². The van der Waals surface area contributed by atoms with Gasteiger partial charge in [0.25, 0.3) is 0 Å². The van der Waals surface area contributed by atoms with Gasteiger partial charge >= 0.3 is 0 Å². The van der Waals surface area contributed by atoms with Crippen LogP contribution < -0.4 is 5.73 Å². The van der Waals surface area contributed by atoms with Crippen molar-refractivity contribution in [3.05, 3.63) is 24.5 Å². The molecule has 0 aliphatic heterocycles. The van der Waals surface area contributed by atoms with Crippen LogP contribution in [0.1, 0.15) is 12.5 Å². The maximum absolute atomic E-state index is 5.31. The molecule has 0 saturated carbocycles. The van der Waals surface area contributed by atoms with Crippen LogP contribution >= 0.6 is 0 Å². The molecule has 0 aliphatic carbocycles. The van der Waals surface area contributed by atoms with Gasteiger partial charge in [0.05, 0.1) is 12.2 Å². The number of nitrogen functional groups attached to an aromatic ring is 1. The molecule has 1 rings (SSSR count). The van der Waals surface area contributed by atoms with Crippen molar-refractivity contribution in [3.63, 3.8) is 0 Å². The highest BCUT2D eigenvalue weighted by molar-refractivity contribution is 5.55. The smallest absolute Gasteiger partial charge is 0.219 e. The third-order valence-electron chi connectivity index (χ3n) is 1.31. The highest BCUT2D eigenvalue weighted by Gasteiger charge is 1.99. The second-order valence-corrected chi connectivity index (χ2v) is 2.19. The molecule has 0 aromatic carbocycles. The van der Waals surface area contributed by atoms with Crippen LogP contribution in [-0.2, 0) is 4.74 Å². The second-order valence-electron chi connectivity index (χ2n) is 2.19. The second kappa shape index (κ2) is 3.71. The molecule has 0 fully saturated rings. The van der Waals surface area contributed by atoms with E-state index < -0.39 is 0 Å². The molecule has 64 valence electrons. The van der Waals surface area contributed by atoms with Gasteiger partial charge in [-0.3, -0.25) is 0 Å². The van der Waals surface area contributed by atoms with Gasteiger partial charge in [-0.1, -0.05) is 6.58 Å². The molecule has 0 bridgehead atoms. The van der Waals surface area contributed by atoms with Crippen molar-refractivity contribution in [1.29, 1.82) is 0 Å². The maximum Gasteiger partial charge on any atom is 0.219 e. The summed E-state index contributed by atoms with van der Waals surface area (Å²) in [6.07, 6.45) is 3.17. The molecule has 0 aliphatic rings. The minimum absolute atomic E-state index is 0.253. The quantitative estimate of drug-likeness (QED) is 0.680. The Morgan fingerprint density at radius 2 is 2.17 bits per heavy atom. The molecule has 4 nitrogen and oxygen atoms in total. The molecule has 0 spiro atoms. The molecule has 0 saturated heterocycles. The molecule has 0 amide bonds. The molecule has 1 aromatic heterocycles. The van der Waals surface area contributed by atoms with Gasteiger partial charge in [-0.05, 0) is 6.92 Å². The first kappa shape index (κ1) is 8.52. The summed E-state index contributed by atoms with van der Waals surface area (Å²) in [4.78, 5) is 7.62. The Labute approximate surface area is 71.1 Å².